The zero-order valence-electron chi connectivity index (χ0n) is 20.8. The van der Waals surface area contributed by atoms with Crippen LogP contribution in [0.4, 0.5) is 11.4 Å². The van der Waals surface area contributed by atoms with Crippen molar-refractivity contribution in [3.63, 3.8) is 0 Å². The highest BCUT2D eigenvalue weighted by Gasteiger charge is 2.04. The Bertz CT molecular complexity index is 973. The fourth-order valence-corrected chi connectivity index (χ4v) is 3.70. The van der Waals surface area contributed by atoms with Crippen LogP contribution in [0.1, 0.15) is 51.0 Å². The smallest absolute Gasteiger partial charge is 0.243 e. The predicted molar refractivity (Wildman–Crippen MR) is 145 cm³/mol. The van der Waals surface area contributed by atoms with Crippen molar-refractivity contribution in [3.05, 3.63) is 84.4 Å². The second kappa shape index (κ2) is 15.4. The molecule has 0 bridgehead atoms. The molecule has 186 valence electrons. The summed E-state index contributed by atoms with van der Waals surface area (Å²) in [7, 11) is 0. The summed E-state index contributed by atoms with van der Waals surface area (Å²) in [4.78, 5) is 12.3. The SMILES string of the molecule is CCCCCCCOc1ccc(NCC(=O)Nc2ccc(OCCCc3ccccc3)cc2)cc1. The molecule has 0 aliphatic heterocycles. The summed E-state index contributed by atoms with van der Waals surface area (Å²) in [6.45, 7) is 3.82. The molecule has 0 radical (unpaired) electrons. The maximum Gasteiger partial charge on any atom is 0.243 e. The predicted octanol–water partition coefficient (Wildman–Crippen LogP) is 7.10. The molecule has 0 saturated heterocycles. The lowest BCUT2D eigenvalue weighted by atomic mass is 10.1. The zero-order chi connectivity index (χ0) is 24.6. The van der Waals surface area contributed by atoms with Crippen molar-refractivity contribution in [2.24, 2.45) is 0 Å². The summed E-state index contributed by atoms with van der Waals surface area (Å²) in [5, 5.41) is 6.06. The van der Waals surface area contributed by atoms with Gasteiger partial charge < -0.3 is 20.1 Å². The van der Waals surface area contributed by atoms with Gasteiger partial charge in [0, 0.05) is 11.4 Å². The molecule has 2 N–H and O–H groups in total. The Hall–Kier alpha value is -3.47. The molecule has 5 heteroatoms. The van der Waals surface area contributed by atoms with Crippen LogP contribution in [0.25, 0.3) is 0 Å². The maximum atomic E-state index is 12.3. The average Bonchev–Trinajstić information content (AvgIpc) is 2.90. The van der Waals surface area contributed by atoms with Gasteiger partial charge in [0.2, 0.25) is 5.91 Å². The molecule has 5 nitrogen and oxygen atoms in total. The van der Waals surface area contributed by atoms with Crippen LogP contribution in [-0.4, -0.2) is 25.7 Å². The number of rotatable bonds is 16. The van der Waals surface area contributed by atoms with Gasteiger partial charge in [-0.1, -0.05) is 62.9 Å². The standard InChI is InChI=1S/C30H38N2O3/c1-2-3-4-5-9-22-34-28-18-14-26(15-19-28)31-24-30(33)32-27-16-20-29(21-17-27)35-23-10-13-25-11-7-6-8-12-25/h6-8,11-12,14-21,31H,2-5,9-10,13,22-24H2,1H3,(H,32,33). The lowest BCUT2D eigenvalue weighted by Gasteiger charge is -2.10. The summed E-state index contributed by atoms with van der Waals surface area (Å²) >= 11 is 0. The molecule has 3 aromatic rings. The van der Waals surface area contributed by atoms with E-state index in [9.17, 15) is 4.79 Å². The van der Waals surface area contributed by atoms with Crippen LogP contribution in [0.3, 0.4) is 0 Å². The van der Waals surface area contributed by atoms with E-state index in [-0.39, 0.29) is 12.5 Å². The van der Waals surface area contributed by atoms with Gasteiger partial charge in [-0.25, -0.2) is 0 Å². The molecule has 3 rings (SSSR count). The van der Waals surface area contributed by atoms with E-state index in [4.69, 9.17) is 9.47 Å². The molecule has 0 saturated carbocycles. The largest absolute Gasteiger partial charge is 0.494 e. The van der Waals surface area contributed by atoms with Gasteiger partial charge in [0.1, 0.15) is 11.5 Å². The van der Waals surface area contributed by atoms with Gasteiger partial charge >= 0.3 is 0 Å². The van der Waals surface area contributed by atoms with Crippen molar-refractivity contribution in [3.8, 4) is 11.5 Å². The molecule has 35 heavy (non-hydrogen) atoms. The van der Waals surface area contributed by atoms with Crippen LogP contribution in [0, 0.1) is 0 Å². The summed E-state index contributed by atoms with van der Waals surface area (Å²) in [6, 6.07) is 25.6. The first-order valence-corrected chi connectivity index (χ1v) is 12.8. The van der Waals surface area contributed by atoms with Crippen LogP contribution < -0.4 is 20.1 Å². The van der Waals surface area contributed by atoms with E-state index in [1.165, 1.54) is 31.2 Å². The number of ether oxygens (including phenoxy) is 2. The van der Waals surface area contributed by atoms with Crippen LogP contribution in [0.2, 0.25) is 0 Å². The second-order valence-electron chi connectivity index (χ2n) is 8.65. The number of carbonyl (C=O) groups is 1. The van der Waals surface area contributed by atoms with E-state index in [0.29, 0.717) is 6.61 Å². The highest BCUT2D eigenvalue weighted by molar-refractivity contribution is 5.93. The number of hydrogen-bond acceptors (Lipinski definition) is 4. The first-order chi connectivity index (χ1) is 17.2. The van der Waals surface area contributed by atoms with E-state index >= 15 is 0 Å². The third-order valence-electron chi connectivity index (χ3n) is 5.68. The molecule has 1 amide bonds. The summed E-state index contributed by atoms with van der Waals surface area (Å²) in [5.74, 6) is 1.56. The van der Waals surface area contributed by atoms with Gasteiger partial charge in [-0.05, 0) is 73.4 Å². The Morgan fingerprint density at radius 2 is 1.29 bits per heavy atom. The number of nitrogens with one attached hydrogen (secondary N) is 2. The van der Waals surface area contributed by atoms with Crippen molar-refractivity contribution < 1.29 is 14.3 Å². The number of hydrogen-bond donors (Lipinski definition) is 2. The molecular weight excluding hydrogens is 436 g/mol. The van der Waals surface area contributed by atoms with Gasteiger partial charge in [-0.15, -0.1) is 0 Å². The van der Waals surface area contributed by atoms with E-state index in [1.54, 1.807) is 0 Å². The van der Waals surface area contributed by atoms with Gasteiger partial charge in [-0.2, -0.15) is 0 Å². The van der Waals surface area contributed by atoms with Crippen molar-refractivity contribution in [2.45, 2.75) is 51.9 Å². The quantitative estimate of drug-likeness (QED) is 0.217. The Morgan fingerprint density at radius 1 is 0.686 bits per heavy atom. The van der Waals surface area contributed by atoms with Gasteiger partial charge in [0.05, 0.1) is 19.8 Å². The van der Waals surface area contributed by atoms with Crippen molar-refractivity contribution in [1.82, 2.24) is 0 Å². The van der Waals surface area contributed by atoms with Gasteiger partial charge in [0.15, 0.2) is 0 Å². The topological polar surface area (TPSA) is 59.6 Å². The minimum absolute atomic E-state index is 0.103. The van der Waals surface area contributed by atoms with Crippen LogP contribution in [0.15, 0.2) is 78.9 Å². The van der Waals surface area contributed by atoms with Gasteiger partial charge in [0.25, 0.3) is 0 Å². The monoisotopic (exact) mass is 474 g/mol. The number of benzene rings is 3. The van der Waals surface area contributed by atoms with Crippen molar-refractivity contribution >= 4 is 17.3 Å². The molecular formula is C30H38N2O3. The first-order valence-electron chi connectivity index (χ1n) is 12.8. The third kappa shape index (κ3) is 10.6. The molecule has 0 aliphatic carbocycles. The average molecular weight is 475 g/mol. The molecule has 0 spiro atoms. The van der Waals surface area contributed by atoms with Gasteiger partial charge in [-0.3, -0.25) is 4.79 Å². The molecule has 0 heterocycles. The Kier molecular flexibility index (Phi) is 11.5. The van der Waals surface area contributed by atoms with E-state index in [1.807, 2.05) is 54.6 Å². The molecule has 0 atom stereocenters. The second-order valence-corrected chi connectivity index (χ2v) is 8.65. The van der Waals surface area contributed by atoms with Crippen LogP contribution >= 0.6 is 0 Å². The van der Waals surface area contributed by atoms with Crippen molar-refractivity contribution in [2.75, 3.05) is 30.4 Å². The molecule has 3 aromatic carbocycles. The number of aryl methyl sites for hydroxylation is 1. The van der Waals surface area contributed by atoms with E-state index in [0.717, 1.165) is 48.7 Å². The number of unbranched alkanes of at least 4 members (excludes halogenated alkanes) is 4. The molecule has 0 aromatic heterocycles. The Labute approximate surface area is 209 Å². The number of anilines is 2. The minimum Gasteiger partial charge on any atom is -0.494 e. The number of carbonyl (C=O) groups excluding carboxylic acids is 1. The Balaban J connectivity index is 1.30. The lowest BCUT2D eigenvalue weighted by Crippen LogP contribution is -2.21. The first kappa shape index (κ1) is 26.1. The van der Waals surface area contributed by atoms with Crippen LogP contribution in [0.5, 0.6) is 11.5 Å². The highest BCUT2D eigenvalue weighted by Crippen LogP contribution is 2.18. The molecule has 0 aliphatic rings. The van der Waals surface area contributed by atoms with Crippen LogP contribution in [-0.2, 0) is 11.2 Å². The fraction of sp³-hybridized carbons (Fsp3) is 0.367. The normalized spacial score (nSPS) is 10.5. The fourth-order valence-electron chi connectivity index (χ4n) is 3.70. The summed E-state index contributed by atoms with van der Waals surface area (Å²) in [5.41, 5.74) is 2.95. The van der Waals surface area contributed by atoms with Crippen molar-refractivity contribution in [1.29, 1.82) is 0 Å². The third-order valence-corrected chi connectivity index (χ3v) is 5.68. The minimum atomic E-state index is -0.103. The van der Waals surface area contributed by atoms with E-state index in [2.05, 4.69) is 41.8 Å². The Morgan fingerprint density at radius 3 is 1.94 bits per heavy atom. The highest BCUT2D eigenvalue weighted by atomic mass is 16.5. The van der Waals surface area contributed by atoms with E-state index < -0.39 is 0 Å². The summed E-state index contributed by atoms with van der Waals surface area (Å²) < 4.78 is 11.6. The number of amides is 1. The summed E-state index contributed by atoms with van der Waals surface area (Å²) in [6.07, 6.45) is 8.08. The lowest BCUT2D eigenvalue weighted by molar-refractivity contribution is -0.114. The zero-order valence-corrected chi connectivity index (χ0v) is 20.8. The molecule has 0 unspecified atom stereocenters. The maximum absolute atomic E-state index is 12.3. The molecule has 0 fully saturated rings.